The van der Waals surface area contributed by atoms with Crippen molar-refractivity contribution >= 4 is 37.2 Å². The molecule has 0 bridgehead atoms. The monoisotopic (exact) mass is 587 g/mol. The highest BCUT2D eigenvalue weighted by Gasteiger charge is 2.45. The van der Waals surface area contributed by atoms with Gasteiger partial charge in [0.1, 0.15) is 5.69 Å². The van der Waals surface area contributed by atoms with Crippen LogP contribution in [-0.2, 0) is 9.36 Å². The number of rotatable bonds is 12. The first-order valence-corrected chi connectivity index (χ1v) is 15.8. The lowest BCUT2D eigenvalue weighted by Crippen LogP contribution is -2.36. The number of nitrogens with two attached hydrogens (primary N) is 2. The van der Waals surface area contributed by atoms with Crippen molar-refractivity contribution < 1.29 is 28.2 Å². The second-order valence-electron chi connectivity index (χ2n) is 9.44. The molecule has 3 rings (SSSR count). The maximum Gasteiger partial charge on any atom is 0.293 e. The van der Waals surface area contributed by atoms with Gasteiger partial charge >= 0.3 is 0 Å². The number of nitrogen functional groups attached to an aromatic ring is 2. The maximum absolute atomic E-state index is 6.57. The molecule has 0 spiro atoms. The molecule has 2 aromatic carbocycles. The number of benzene rings is 2. The second kappa shape index (κ2) is 14.1. The number of nitrogens with one attached hydrogen (secondary N) is 1. The van der Waals surface area contributed by atoms with Gasteiger partial charge in [-0.2, -0.15) is 0 Å². The highest BCUT2D eigenvalue weighted by atomic mass is 31.3. The van der Waals surface area contributed by atoms with Crippen LogP contribution in [0.25, 0.3) is 0 Å². The first-order valence-electron chi connectivity index (χ1n) is 12.5. The summed E-state index contributed by atoms with van der Waals surface area (Å²) >= 11 is 0. The molecule has 1 heterocycles. The van der Waals surface area contributed by atoms with Gasteiger partial charge in [0.25, 0.3) is 16.9 Å². The molecule has 5 N–H and O–H groups in total. The standard InChI is InChI=1S/C24H40N5O6P3/c1-15(2)30-22-14-13-21(23(26)24(22)31-16(3)4)35-37-27-36-28(32-17(5)6)38(34-18(7)8)29(37)33-20-12-10-9-11-19(20)25/h9-18,27,36H,25-26H2,1-8H3. The lowest BCUT2D eigenvalue weighted by molar-refractivity contribution is -0.0724. The van der Waals surface area contributed by atoms with Gasteiger partial charge in [-0.1, -0.05) is 16.7 Å². The highest BCUT2D eigenvalue weighted by molar-refractivity contribution is 7.74. The zero-order chi connectivity index (χ0) is 28.0. The summed E-state index contributed by atoms with van der Waals surface area (Å²) in [6.45, 7) is 15.6. The van der Waals surface area contributed by atoms with Crippen LogP contribution in [0.1, 0.15) is 55.4 Å². The molecule has 14 heteroatoms. The summed E-state index contributed by atoms with van der Waals surface area (Å²) in [5.41, 5.74) is 13.6. The van der Waals surface area contributed by atoms with Crippen LogP contribution in [0, 0.1) is 0 Å². The summed E-state index contributed by atoms with van der Waals surface area (Å²) in [6, 6.07) is 10.8. The molecule has 212 valence electrons. The van der Waals surface area contributed by atoms with E-state index in [-0.39, 0.29) is 33.3 Å². The zero-order valence-electron chi connectivity index (χ0n) is 23.2. The van der Waals surface area contributed by atoms with Gasteiger partial charge in [-0.25, -0.2) is 4.86 Å². The van der Waals surface area contributed by atoms with Crippen molar-refractivity contribution in [2.24, 2.45) is 0 Å². The summed E-state index contributed by atoms with van der Waals surface area (Å²) in [6.07, 6.45) is -0.345. The Kier molecular flexibility index (Phi) is 11.5. The van der Waals surface area contributed by atoms with Gasteiger partial charge < -0.3 is 34.8 Å². The van der Waals surface area contributed by atoms with E-state index in [1.807, 2.05) is 67.5 Å². The molecule has 0 aromatic heterocycles. The third-order valence-electron chi connectivity index (χ3n) is 4.43. The minimum absolute atomic E-state index is 0.0451. The fraction of sp³-hybridized carbons (Fsp3) is 0.500. The molecule has 38 heavy (non-hydrogen) atoms. The Labute approximate surface area is 230 Å². The van der Waals surface area contributed by atoms with Crippen molar-refractivity contribution in [3.05, 3.63) is 36.4 Å². The van der Waals surface area contributed by atoms with Crippen LogP contribution in [0.3, 0.4) is 0 Å². The Bertz CT molecular complexity index is 1050. The number of ether oxygens (including phenoxy) is 2. The van der Waals surface area contributed by atoms with E-state index in [0.29, 0.717) is 34.4 Å². The lowest BCUT2D eigenvalue weighted by atomic mass is 10.2. The molecular formula is C24H40N5O6P3. The largest absolute Gasteiger partial charge is 0.487 e. The summed E-state index contributed by atoms with van der Waals surface area (Å²) in [4.78, 5) is 15.8. The fourth-order valence-corrected chi connectivity index (χ4v) is 9.00. The van der Waals surface area contributed by atoms with Crippen molar-refractivity contribution in [3.8, 4) is 23.0 Å². The van der Waals surface area contributed by atoms with E-state index in [2.05, 4.69) is 4.86 Å². The van der Waals surface area contributed by atoms with Gasteiger partial charge in [0.15, 0.2) is 23.0 Å². The second-order valence-corrected chi connectivity index (χ2v) is 14.2. The van der Waals surface area contributed by atoms with Gasteiger partial charge in [0.05, 0.1) is 39.0 Å². The van der Waals surface area contributed by atoms with Crippen molar-refractivity contribution in [2.45, 2.75) is 79.8 Å². The molecule has 1 saturated heterocycles. The number of hydrogen-bond donors (Lipinski definition) is 3. The first kappa shape index (κ1) is 30.9. The lowest BCUT2D eigenvalue weighted by Gasteiger charge is -2.43. The van der Waals surface area contributed by atoms with Gasteiger partial charge in [-0.05, 0) is 84.3 Å². The van der Waals surface area contributed by atoms with Gasteiger partial charge in [-0.3, -0.25) is 4.84 Å². The molecule has 3 atom stereocenters. The molecule has 1 aliphatic heterocycles. The van der Waals surface area contributed by atoms with E-state index in [4.69, 9.17) is 39.7 Å². The van der Waals surface area contributed by atoms with Crippen molar-refractivity contribution in [3.63, 3.8) is 0 Å². The van der Waals surface area contributed by atoms with Crippen molar-refractivity contribution in [1.82, 2.24) is 14.1 Å². The predicted molar refractivity (Wildman–Crippen MR) is 156 cm³/mol. The van der Waals surface area contributed by atoms with E-state index in [1.165, 1.54) is 0 Å². The first-order chi connectivity index (χ1) is 18.0. The Morgan fingerprint density at radius 1 is 0.789 bits per heavy atom. The Morgan fingerprint density at radius 2 is 1.45 bits per heavy atom. The number of hydrogen-bond acceptors (Lipinski definition) is 11. The molecule has 0 amide bonds. The smallest absolute Gasteiger partial charge is 0.293 e. The molecule has 1 fully saturated rings. The average molecular weight is 588 g/mol. The number of nitrogens with zero attached hydrogens (tertiary/aromatic N) is 2. The van der Waals surface area contributed by atoms with Crippen LogP contribution in [0.5, 0.6) is 23.0 Å². The third-order valence-corrected chi connectivity index (χ3v) is 9.81. The highest BCUT2D eigenvalue weighted by Crippen LogP contribution is 2.67. The van der Waals surface area contributed by atoms with Gasteiger partial charge in [0.2, 0.25) is 0 Å². The minimum atomic E-state index is -1.62. The number of anilines is 2. The van der Waals surface area contributed by atoms with Crippen molar-refractivity contribution in [2.75, 3.05) is 11.5 Å². The van der Waals surface area contributed by atoms with Crippen LogP contribution in [0.4, 0.5) is 11.4 Å². The summed E-state index contributed by atoms with van der Waals surface area (Å²) in [5.74, 6) is 1.88. The van der Waals surface area contributed by atoms with E-state index < -0.39 is 16.9 Å². The SMILES string of the molecule is CC(C)Oc1ccc(OP2NPN(OC(C)C)P(OC(C)C)N2Oc2ccccc2N)c(N)c1OC(C)C. The average Bonchev–Trinajstić information content (AvgIpc) is 2.81. The summed E-state index contributed by atoms with van der Waals surface area (Å²) < 4.78 is 28.2. The van der Waals surface area contributed by atoms with E-state index in [0.717, 1.165) is 0 Å². The van der Waals surface area contributed by atoms with E-state index >= 15 is 0 Å². The molecule has 1 aliphatic rings. The van der Waals surface area contributed by atoms with Crippen molar-refractivity contribution in [1.29, 1.82) is 0 Å². The van der Waals surface area contributed by atoms with Crippen LogP contribution in [-0.4, -0.2) is 33.6 Å². The van der Waals surface area contributed by atoms with Crippen LogP contribution in [0.15, 0.2) is 36.4 Å². The molecule has 2 aromatic rings. The van der Waals surface area contributed by atoms with Gasteiger partial charge in [0, 0.05) is 0 Å². The zero-order valence-corrected chi connectivity index (χ0v) is 26.0. The Hall–Kier alpha value is -1.67. The molecule has 0 radical (unpaired) electrons. The van der Waals surface area contributed by atoms with E-state index in [9.17, 15) is 0 Å². The molecule has 11 nitrogen and oxygen atoms in total. The Balaban J connectivity index is 1.99. The maximum atomic E-state index is 6.57. The predicted octanol–water partition coefficient (Wildman–Crippen LogP) is 6.73. The minimum Gasteiger partial charge on any atom is -0.487 e. The quantitative estimate of drug-likeness (QED) is 0.181. The fourth-order valence-electron chi connectivity index (χ4n) is 3.07. The van der Waals surface area contributed by atoms with Gasteiger partial charge in [-0.15, -0.1) is 0 Å². The topological polar surface area (TPSA) is 126 Å². The molecule has 0 saturated carbocycles. The molecule has 0 aliphatic carbocycles. The van der Waals surface area contributed by atoms with E-state index in [1.54, 1.807) is 33.5 Å². The van der Waals surface area contributed by atoms with Crippen LogP contribution >= 0.6 is 25.8 Å². The number of para-hydroxylation sites is 2. The van der Waals surface area contributed by atoms with Crippen LogP contribution in [0.2, 0.25) is 0 Å². The molecule has 3 unspecified atom stereocenters. The third kappa shape index (κ3) is 8.41. The Morgan fingerprint density at radius 3 is 2.05 bits per heavy atom. The summed E-state index contributed by atoms with van der Waals surface area (Å²) in [5, 5.41) is 0. The normalized spacial score (nSPS) is 19.6. The van der Waals surface area contributed by atoms with Crippen LogP contribution < -0.4 is 35.2 Å². The summed E-state index contributed by atoms with van der Waals surface area (Å²) in [7, 11) is -3.14. The molecular weight excluding hydrogens is 547 g/mol.